The van der Waals surface area contributed by atoms with Gasteiger partial charge in [-0.3, -0.25) is 4.79 Å². The van der Waals surface area contributed by atoms with Gasteiger partial charge in [0.15, 0.2) is 11.6 Å². The maximum atomic E-state index is 13.1. The molecule has 0 unspecified atom stereocenters. The van der Waals surface area contributed by atoms with E-state index in [2.05, 4.69) is 10.6 Å². The first-order valence-electron chi connectivity index (χ1n) is 5.50. The highest BCUT2D eigenvalue weighted by molar-refractivity contribution is 5.80. The molecule has 1 aromatic carbocycles. The number of carbonyl (C=O) groups excluding carboxylic acids is 1. The molecule has 0 aliphatic rings. The quantitative estimate of drug-likeness (QED) is 0.715. The number of nitrogens with one attached hydrogen (secondary N) is 2. The van der Waals surface area contributed by atoms with E-state index >= 15 is 0 Å². The van der Waals surface area contributed by atoms with Crippen molar-refractivity contribution in [1.29, 1.82) is 0 Å². The Morgan fingerprint density at radius 3 is 2.83 bits per heavy atom. The highest BCUT2D eigenvalue weighted by Crippen LogP contribution is 2.21. The van der Waals surface area contributed by atoms with Gasteiger partial charge in [0.25, 0.3) is 0 Å². The first kappa shape index (κ1) is 14.2. The first-order valence-corrected chi connectivity index (χ1v) is 5.50. The van der Waals surface area contributed by atoms with Gasteiger partial charge in [0.1, 0.15) is 0 Å². The number of carbonyl (C=O) groups is 1. The number of benzene rings is 1. The summed E-state index contributed by atoms with van der Waals surface area (Å²) in [7, 11) is 2.95. The van der Waals surface area contributed by atoms with Gasteiger partial charge in [0.05, 0.1) is 20.3 Å². The number of methoxy groups -OCH3 is 2. The molecular formula is C12H17FN2O3. The lowest BCUT2D eigenvalue weighted by Crippen LogP contribution is -2.32. The fourth-order valence-electron chi connectivity index (χ4n) is 1.31. The number of hydrogen-bond acceptors (Lipinski definition) is 4. The second-order valence-corrected chi connectivity index (χ2v) is 3.55. The molecule has 0 aliphatic carbocycles. The summed E-state index contributed by atoms with van der Waals surface area (Å²) in [4.78, 5) is 11.4. The van der Waals surface area contributed by atoms with Crippen LogP contribution in [0.5, 0.6) is 5.75 Å². The first-order chi connectivity index (χ1) is 8.67. The van der Waals surface area contributed by atoms with Crippen LogP contribution < -0.4 is 15.4 Å². The van der Waals surface area contributed by atoms with Crippen molar-refractivity contribution in [3.05, 3.63) is 24.0 Å². The number of hydrogen-bond donors (Lipinski definition) is 2. The lowest BCUT2D eigenvalue weighted by molar-refractivity contribution is -0.119. The Hall–Kier alpha value is -1.82. The summed E-state index contributed by atoms with van der Waals surface area (Å²) in [5.74, 6) is -0.456. The molecule has 1 aromatic rings. The normalized spacial score (nSPS) is 9.94. The van der Waals surface area contributed by atoms with Crippen LogP contribution in [0.1, 0.15) is 0 Å². The van der Waals surface area contributed by atoms with Gasteiger partial charge >= 0.3 is 0 Å². The molecule has 0 aliphatic heterocycles. The molecule has 1 rings (SSSR count). The van der Waals surface area contributed by atoms with Crippen LogP contribution in [-0.2, 0) is 9.53 Å². The minimum atomic E-state index is -0.437. The molecule has 0 spiro atoms. The van der Waals surface area contributed by atoms with E-state index < -0.39 is 5.82 Å². The summed E-state index contributed by atoms with van der Waals surface area (Å²) in [6.07, 6.45) is 0. The van der Waals surface area contributed by atoms with Gasteiger partial charge in [-0.15, -0.1) is 0 Å². The third kappa shape index (κ3) is 4.58. The zero-order chi connectivity index (χ0) is 13.4. The van der Waals surface area contributed by atoms with Gasteiger partial charge < -0.3 is 20.1 Å². The molecule has 5 nitrogen and oxygen atoms in total. The van der Waals surface area contributed by atoms with Crippen LogP contribution in [0.15, 0.2) is 18.2 Å². The van der Waals surface area contributed by atoms with Crippen LogP contribution in [0, 0.1) is 5.82 Å². The maximum absolute atomic E-state index is 13.1. The SMILES string of the molecule is COCCNC(=O)CNc1ccc(F)c(OC)c1. The van der Waals surface area contributed by atoms with E-state index in [9.17, 15) is 9.18 Å². The number of ether oxygens (including phenoxy) is 2. The van der Waals surface area contributed by atoms with Crippen LogP contribution >= 0.6 is 0 Å². The molecule has 0 saturated heterocycles. The topological polar surface area (TPSA) is 59.6 Å². The van der Waals surface area contributed by atoms with E-state index in [1.54, 1.807) is 13.2 Å². The summed E-state index contributed by atoms with van der Waals surface area (Å²) >= 11 is 0. The second-order valence-electron chi connectivity index (χ2n) is 3.55. The summed E-state index contributed by atoms with van der Waals surface area (Å²) < 4.78 is 22.8. The molecule has 0 radical (unpaired) electrons. The molecule has 2 N–H and O–H groups in total. The summed E-state index contributed by atoms with van der Waals surface area (Å²) in [5, 5.41) is 5.54. The number of halogens is 1. The number of anilines is 1. The third-order valence-electron chi connectivity index (χ3n) is 2.23. The number of amides is 1. The monoisotopic (exact) mass is 256 g/mol. The second kappa shape index (κ2) is 7.50. The van der Waals surface area contributed by atoms with Crippen molar-refractivity contribution in [2.45, 2.75) is 0 Å². The van der Waals surface area contributed by atoms with Crippen LogP contribution in [-0.4, -0.2) is 39.8 Å². The highest BCUT2D eigenvalue weighted by atomic mass is 19.1. The van der Waals surface area contributed by atoms with E-state index in [4.69, 9.17) is 9.47 Å². The van der Waals surface area contributed by atoms with Crippen molar-refractivity contribution in [2.24, 2.45) is 0 Å². The van der Waals surface area contributed by atoms with E-state index in [0.717, 1.165) is 0 Å². The Balaban J connectivity index is 2.41. The van der Waals surface area contributed by atoms with Crippen LogP contribution in [0.3, 0.4) is 0 Å². The molecule has 100 valence electrons. The van der Waals surface area contributed by atoms with Gasteiger partial charge in [-0.05, 0) is 12.1 Å². The highest BCUT2D eigenvalue weighted by Gasteiger charge is 2.04. The van der Waals surface area contributed by atoms with Crippen molar-refractivity contribution >= 4 is 11.6 Å². The molecular weight excluding hydrogens is 239 g/mol. The van der Waals surface area contributed by atoms with Crippen molar-refractivity contribution in [3.8, 4) is 5.75 Å². The standard InChI is InChI=1S/C12H17FN2O3/c1-17-6-5-14-12(16)8-15-9-3-4-10(13)11(7-9)18-2/h3-4,7,15H,5-6,8H2,1-2H3,(H,14,16). The minimum absolute atomic E-state index is 0.110. The fraction of sp³-hybridized carbons (Fsp3) is 0.417. The lowest BCUT2D eigenvalue weighted by Gasteiger charge is -2.09. The zero-order valence-electron chi connectivity index (χ0n) is 10.5. The smallest absolute Gasteiger partial charge is 0.239 e. The van der Waals surface area contributed by atoms with Crippen molar-refractivity contribution in [1.82, 2.24) is 5.32 Å². The molecule has 1 amide bonds. The molecule has 0 atom stereocenters. The summed E-state index contributed by atoms with van der Waals surface area (Å²) in [6, 6.07) is 4.32. The largest absolute Gasteiger partial charge is 0.494 e. The zero-order valence-corrected chi connectivity index (χ0v) is 10.5. The Morgan fingerprint density at radius 2 is 2.17 bits per heavy atom. The lowest BCUT2D eigenvalue weighted by atomic mass is 10.3. The molecule has 0 fully saturated rings. The fourth-order valence-corrected chi connectivity index (χ4v) is 1.31. The Kier molecular flexibility index (Phi) is 5.93. The third-order valence-corrected chi connectivity index (χ3v) is 2.23. The predicted molar refractivity (Wildman–Crippen MR) is 66.3 cm³/mol. The predicted octanol–water partition coefficient (Wildman–Crippen LogP) is 1.01. The van der Waals surface area contributed by atoms with Crippen LogP contribution in [0.2, 0.25) is 0 Å². The Morgan fingerprint density at radius 1 is 1.39 bits per heavy atom. The average molecular weight is 256 g/mol. The van der Waals surface area contributed by atoms with Crippen molar-refractivity contribution < 1.29 is 18.7 Å². The molecule has 0 bridgehead atoms. The van der Waals surface area contributed by atoms with Crippen molar-refractivity contribution in [2.75, 3.05) is 39.2 Å². The van der Waals surface area contributed by atoms with E-state index in [1.165, 1.54) is 19.2 Å². The molecule has 6 heteroatoms. The van der Waals surface area contributed by atoms with Gasteiger partial charge in [-0.25, -0.2) is 4.39 Å². The van der Waals surface area contributed by atoms with Gasteiger partial charge in [-0.2, -0.15) is 0 Å². The Bertz CT molecular complexity index is 399. The van der Waals surface area contributed by atoms with E-state index in [0.29, 0.717) is 18.8 Å². The Labute approximate surface area is 105 Å². The number of rotatable bonds is 7. The van der Waals surface area contributed by atoms with E-state index in [1.807, 2.05) is 0 Å². The van der Waals surface area contributed by atoms with Gasteiger partial charge in [-0.1, -0.05) is 0 Å². The molecule has 18 heavy (non-hydrogen) atoms. The van der Waals surface area contributed by atoms with Gasteiger partial charge in [0, 0.05) is 25.4 Å². The molecule has 0 saturated carbocycles. The maximum Gasteiger partial charge on any atom is 0.239 e. The van der Waals surface area contributed by atoms with Crippen molar-refractivity contribution in [3.63, 3.8) is 0 Å². The average Bonchev–Trinajstić information content (AvgIpc) is 2.38. The van der Waals surface area contributed by atoms with Crippen LogP contribution in [0.25, 0.3) is 0 Å². The summed E-state index contributed by atoms with van der Waals surface area (Å²) in [5.41, 5.74) is 0.621. The summed E-state index contributed by atoms with van der Waals surface area (Å²) in [6.45, 7) is 1.04. The minimum Gasteiger partial charge on any atom is -0.494 e. The van der Waals surface area contributed by atoms with E-state index in [-0.39, 0.29) is 18.2 Å². The van der Waals surface area contributed by atoms with Crippen LogP contribution in [0.4, 0.5) is 10.1 Å². The van der Waals surface area contributed by atoms with Gasteiger partial charge in [0.2, 0.25) is 5.91 Å². The molecule has 0 aromatic heterocycles. The molecule has 0 heterocycles.